The van der Waals surface area contributed by atoms with E-state index in [1.54, 1.807) is 13.8 Å². The predicted octanol–water partition coefficient (Wildman–Crippen LogP) is 1.01. The topological polar surface area (TPSA) is 32.8 Å². The molecule has 1 rings (SSSR count). The molecule has 1 saturated heterocycles. The standard InChI is InChI=1S/C3H5ClO.C3H8O/c4-1-3-2-5-3;1-3(2)4/h3H,1-2H2;3-4H,1-2H3. The zero-order chi connectivity index (χ0) is 7.28. The number of ether oxygens (including phenoxy) is 1. The van der Waals surface area contributed by atoms with Crippen LogP contribution in [0.15, 0.2) is 0 Å². The Balaban J connectivity index is 0.000000148. The number of aliphatic hydroxyl groups excluding tert-OH is 1. The third-order valence-electron chi connectivity index (χ3n) is 0.574. The van der Waals surface area contributed by atoms with Crippen LogP contribution in [0.3, 0.4) is 0 Å². The predicted molar refractivity (Wildman–Crippen MR) is 37.8 cm³/mol. The summed E-state index contributed by atoms with van der Waals surface area (Å²) in [5, 5.41) is 8.06. The lowest BCUT2D eigenvalue weighted by atomic mass is 10.5. The lowest BCUT2D eigenvalue weighted by Gasteiger charge is -1.80. The first-order valence-corrected chi connectivity index (χ1v) is 3.56. The highest BCUT2D eigenvalue weighted by Crippen LogP contribution is 2.08. The lowest BCUT2D eigenvalue weighted by molar-refractivity contribution is 0.216. The van der Waals surface area contributed by atoms with Crippen LogP contribution in [0.4, 0.5) is 0 Å². The van der Waals surface area contributed by atoms with Crippen molar-refractivity contribution in [2.45, 2.75) is 26.1 Å². The van der Waals surface area contributed by atoms with Crippen LogP contribution in [-0.4, -0.2) is 29.8 Å². The van der Waals surface area contributed by atoms with E-state index in [4.69, 9.17) is 21.4 Å². The molecule has 1 aliphatic rings. The summed E-state index contributed by atoms with van der Waals surface area (Å²) in [5.74, 6) is 0.667. The highest BCUT2D eigenvalue weighted by atomic mass is 35.5. The molecule has 9 heavy (non-hydrogen) atoms. The van der Waals surface area contributed by atoms with Crippen LogP contribution >= 0.6 is 11.6 Å². The fraction of sp³-hybridized carbons (Fsp3) is 1.00. The molecule has 2 nitrogen and oxygen atoms in total. The van der Waals surface area contributed by atoms with Crippen molar-refractivity contribution in [2.24, 2.45) is 0 Å². The van der Waals surface area contributed by atoms with Gasteiger partial charge in [0.1, 0.15) is 0 Å². The fourth-order valence-electron chi connectivity index (χ4n) is 0.157. The molecule has 1 heterocycles. The molecule has 0 amide bonds. The molecule has 0 spiro atoms. The molecular formula is C6H13ClO2. The molecule has 56 valence electrons. The number of alkyl halides is 1. The zero-order valence-electron chi connectivity index (χ0n) is 5.80. The lowest BCUT2D eigenvalue weighted by Crippen LogP contribution is -1.85. The van der Waals surface area contributed by atoms with Crippen molar-refractivity contribution < 1.29 is 9.84 Å². The van der Waals surface area contributed by atoms with Gasteiger partial charge in [-0.1, -0.05) is 0 Å². The molecule has 0 aromatic rings. The monoisotopic (exact) mass is 152 g/mol. The van der Waals surface area contributed by atoms with Gasteiger partial charge in [0, 0.05) is 6.10 Å². The summed E-state index contributed by atoms with van der Waals surface area (Å²) in [6.45, 7) is 4.32. The fourth-order valence-corrected chi connectivity index (χ4v) is 0.335. The minimum absolute atomic E-state index is 0.167. The van der Waals surface area contributed by atoms with Crippen LogP contribution in [0.25, 0.3) is 0 Å². The Morgan fingerprint density at radius 1 is 1.78 bits per heavy atom. The van der Waals surface area contributed by atoms with E-state index in [2.05, 4.69) is 0 Å². The third kappa shape index (κ3) is 11.7. The van der Waals surface area contributed by atoms with Crippen molar-refractivity contribution in [3.05, 3.63) is 0 Å². The summed E-state index contributed by atoms with van der Waals surface area (Å²) < 4.78 is 4.73. The van der Waals surface area contributed by atoms with Gasteiger partial charge in [-0.15, -0.1) is 11.6 Å². The summed E-state index contributed by atoms with van der Waals surface area (Å²) in [5.41, 5.74) is 0. The molecule has 1 fully saturated rings. The Morgan fingerprint density at radius 2 is 2.11 bits per heavy atom. The molecular weight excluding hydrogens is 140 g/mol. The smallest absolute Gasteiger partial charge is 0.0944 e. The van der Waals surface area contributed by atoms with Crippen molar-refractivity contribution >= 4 is 11.6 Å². The van der Waals surface area contributed by atoms with Crippen molar-refractivity contribution in [3.63, 3.8) is 0 Å². The van der Waals surface area contributed by atoms with Crippen LogP contribution in [0.5, 0.6) is 0 Å². The first-order valence-electron chi connectivity index (χ1n) is 3.02. The summed E-state index contributed by atoms with van der Waals surface area (Å²) in [7, 11) is 0. The Hall–Kier alpha value is 0.210. The SMILES string of the molecule is CC(C)O.ClCC1CO1. The van der Waals surface area contributed by atoms with Gasteiger partial charge >= 0.3 is 0 Å². The van der Waals surface area contributed by atoms with E-state index in [-0.39, 0.29) is 6.10 Å². The average molecular weight is 153 g/mol. The summed E-state index contributed by atoms with van der Waals surface area (Å²) in [6, 6.07) is 0. The minimum atomic E-state index is -0.167. The number of epoxide rings is 1. The highest BCUT2D eigenvalue weighted by molar-refractivity contribution is 6.18. The van der Waals surface area contributed by atoms with Gasteiger partial charge in [-0.05, 0) is 13.8 Å². The van der Waals surface area contributed by atoms with Gasteiger partial charge in [0.15, 0.2) is 0 Å². The van der Waals surface area contributed by atoms with Crippen molar-refractivity contribution in [1.29, 1.82) is 0 Å². The molecule has 0 aliphatic carbocycles. The number of aliphatic hydroxyl groups is 1. The van der Waals surface area contributed by atoms with Crippen molar-refractivity contribution in [1.82, 2.24) is 0 Å². The summed E-state index contributed by atoms with van der Waals surface area (Å²) >= 11 is 5.27. The van der Waals surface area contributed by atoms with E-state index in [9.17, 15) is 0 Å². The first-order chi connectivity index (χ1) is 4.16. The molecule has 3 heteroatoms. The van der Waals surface area contributed by atoms with E-state index in [1.807, 2.05) is 0 Å². The quantitative estimate of drug-likeness (QED) is 0.450. The second-order valence-electron chi connectivity index (χ2n) is 2.20. The van der Waals surface area contributed by atoms with E-state index >= 15 is 0 Å². The third-order valence-corrected chi connectivity index (χ3v) is 0.919. The van der Waals surface area contributed by atoms with Crippen molar-refractivity contribution in [3.8, 4) is 0 Å². The van der Waals surface area contributed by atoms with Crippen LogP contribution in [0, 0.1) is 0 Å². The molecule has 1 unspecified atom stereocenters. The van der Waals surface area contributed by atoms with Gasteiger partial charge in [-0.3, -0.25) is 0 Å². The molecule has 1 atom stereocenters. The number of rotatable bonds is 1. The van der Waals surface area contributed by atoms with Crippen LogP contribution in [0.1, 0.15) is 13.8 Å². The molecule has 0 bridgehead atoms. The van der Waals surface area contributed by atoms with E-state index in [1.165, 1.54) is 0 Å². The Kier molecular flexibility index (Phi) is 5.15. The molecule has 0 aromatic heterocycles. The van der Waals surface area contributed by atoms with E-state index in [0.29, 0.717) is 12.0 Å². The normalized spacial score (nSPS) is 23.0. The Bertz CT molecular complexity index is 59.3. The summed E-state index contributed by atoms with van der Waals surface area (Å²) in [6.07, 6.45) is 0.233. The Labute approximate surface area is 60.8 Å². The second kappa shape index (κ2) is 5.03. The van der Waals surface area contributed by atoms with E-state index < -0.39 is 0 Å². The first kappa shape index (κ1) is 9.21. The van der Waals surface area contributed by atoms with Gasteiger partial charge in [0.2, 0.25) is 0 Å². The largest absolute Gasteiger partial charge is 0.394 e. The minimum Gasteiger partial charge on any atom is -0.394 e. The van der Waals surface area contributed by atoms with Gasteiger partial charge in [0.25, 0.3) is 0 Å². The number of hydrogen-bond donors (Lipinski definition) is 1. The molecule has 1 N–H and O–H groups in total. The number of halogens is 1. The van der Waals surface area contributed by atoms with Crippen LogP contribution < -0.4 is 0 Å². The highest BCUT2D eigenvalue weighted by Gasteiger charge is 2.19. The average Bonchev–Trinajstić information content (AvgIpc) is 2.43. The molecule has 0 aromatic carbocycles. The van der Waals surface area contributed by atoms with Gasteiger partial charge in [-0.2, -0.15) is 0 Å². The summed E-state index contributed by atoms with van der Waals surface area (Å²) in [4.78, 5) is 0. The van der Waals surface area contributed by atoms with Gasteiger partial charge in [0.05, 0.1) is 18.6 Å². The molecule has 1 aliphatic heterocycles. The maximum absolute atomic E-state index is 8.06. The maximum atomic E-state index is 8.06. The van der Waals surface area contributed by atoms with Crippen LogP contribution in [0.2, 0.25) is 0 Å². The number of hydrogen-bond acceptors (Lipinski definition) is 2. The van der Waals surface area contributed by atoms with Gasteiger partial charge < -0.3 is 9.84 Å². The zero-order valence-corrected chi connectivity index (χ0v) is 6.56. The Morgan fingerprint density at radius 3 is 2.11 bits per heavy atom. The van der Waals surface area contributed by atoms with Crippen molar-refractivity contribution in [2.75, 3.05) is 12.5 Å². The molecule has 0 radical (unpaired) electrons. The van der Waals surface area contributed by atoms with Gasteiger partial charge in [-0.25, -0.2) is 0 Å². The second-order valence-corrected chi connectivity index (χ2v) is 2.51. The molecule has 0 saturated carbocycles. The van der Waals surface area contributed by atoms with Crippen LogP contribution in [-0.2, 0) is 4.74 Å². The van der Waals surface area contributed by atoms with E-state index in [0.717, 1.165) is 6.61 Å². The maximum Gasteiger partial charge on any atom is 0.0944 e.